The van der Waals surface area contributed by atoms with Gasteiger partial charge in [-0.1, -0.05) is 13.0 Å². The average molecular weight is 191 g/mol. The highest BCUT2D eigenvalue weighted by atomic mass is 16.5. The van der Waals surface area contributed by atoms with Gasteiger partial charge in [-0.05, 0) is 30.9 Å². The van der Waals surface area contributed by atoms with Crippen LogP contribution in [0.3, 0.4) is 0 Å². The molecule has 2 heteroatoms. The average Bonchev–Trinajstić information content (AvgIpc) is 2.41. The van der Waals surface area contributed by atoms with Gasteiger partial charge in [0.15, 0.2) is 0 Å². The van der Waals surface area contributed by atoms with Crippen LogP contribution in [0.1, 0.15) is 18.9 Å². The highest BCUT2D eigenvalue weighted by molar-refractivity contribution is 5.58. The fraction of sp³-hybridized carbons (Fsp3) is 0.500. The Balaban J connectivity index is 2.35. The Kier molecular flexibility index (Phi) is 2.62. The number of methoxy groups -OCH3 is 1. The molecular formula is C12H17NO. The second-order valence-corrected chi connectivity index (χ2v) is 4.01. The molecule has 1 aliphatic heterocycles. The fourth-order valence-corrected chi connectivity index (χ4v) is 1.96. The van der Waals surface area contributed by atoms with Gasteiger partial charge >= 0.3 is 0 Å². The first-order valence-electron chi connectivity index (χ1n) is 5.21. The zero-order valence-corrected chi connectivity index (χ0v) is 8.84. The molecule has 0 aromatic heterocycles. The molecule has 0 spiro atoms. The normalized spacial score (nSPS) is 20.6. The second-order valence-electron chi connectivity index (χ2n) is 4.01. The van der Waals surface area contributed by atoms with E-state index in [-0.39, 0.29) is 0 Å². The van der Waals surface area contributed by atoms with Crippen molar-refractivity contribution >= 4 is 5.69 Å². The lowest BCUT2D eigenvalue weighted by molar-refractivity contribution is 0.408. The van der Waals surface area contributed by atoms with Crippen LogP contribution in [0.5, 0.6) is 5.75 Å². The number of ether oxygens (including phenoxy) is 1. The smallest absolute Gasteiger partial charge is 0.124 e. The summed E-state index contributed by atoms with van der Waals surface area (Å²) < 4.78 is 5.36. The van der Waals surface area contributed by atoms with Crippen LogP contribution in [0, 0.1) is 5.92 Å². The SMILES string of the molecule is COc1cccc2c1CCC(C)CN2. The van der Waals surface area contributed by atoms with E-state index in [1.807, 2.05) is 12.1 Å². The number of fused-ring (bicyclic) bond motifs is 1. The maximum Gasteiger partial charge on any atom is 0.124 e. The molecule has 1 unspecified atom stereocenters. The van der Waals surface area contributed by atoms with Gasteiger partial charge in [-0.3, -0.25) is 0 Å². The first kappa shape index (κ1) is 9.38. The van der Waals surface area contributed by atoms with Crippen LogP contribution in [0.15, 0.2) is 18.2 Å². The lowest BCUT2D eigenvalue weighted by atomic mass is 10.0. The number of hydrogen-bond donors (Lipinski definition) is 1. The molecule has 0 saturated heterocycles. The van der Waals surface area contributed by atoms with Gasteiger partial charge in [-0.15, -0.1) is 0 Å². The Bertz CT molecular complexity index is 322. The van der Waals surface area contributed by atoms with Crippen molar-refractivity contribution in [2.75, 3.05) is 19.0 Å². The van der Waals surface area contributed by atoms with Gasteiger partial charge in [0.2, 0.25) is 0 Å². The summed E-state index contributed by atoms with van der Waals surface area (Å²) in [5.74, 6) is 1.76. The second kappa shape index (κ2) is 3.91. The Hall–Kier alpha value is -1.18. The van der Waals surface area contributed by atoms with Crippen LogP contribution in [0.4, 0.5) is 5.69 Å². The van der Waals surface area contributed by atoms with E-state index in [0.717, 1.165) is 24.6 Å². The van der Waals surface area contributed by atoms with Crippen molar-refractivity contribution in [1.82, 2.24) is 0 Å². The van der Waals surface area contributed by atoms with E-state index in [1.165, 1.54) is 17.7 Å². The molecule has 1 N–H and O–H groups in total. The lowest BCUT2D eigenvalue weighted by Crippen LogP contribution is -2.08. The summed E-state index contributed by atoms with van der Waals surface area (Å²) in [4.78, 5) is 0. The molecule has 0 aliphatic carbocycles. The van der Waals surface area contributed by atoms with Crippen LogP contribution >= 0.6 is 0 Å². The predicted octanol–water partition coefficient (Wildman–Crippen LogP) is 2.69. The Morgan fingerprint density at radius 2 is 2.29 bits per heavy atom. The molecule has 0 saturated carbocycles. The van der Waals surface area contributed by atoms with Gasteiger partial charge in [0.05, 0.1) is 7.11 Å². The molecule has 2 rings (SSSR count). The van der Waals surface area contributed by atoms with Gasteiger partial charge in [0.25, 0.3) is 0 Å². The molecular weight excluding hydrogens is 174 g/mol. The summed E-state index contributed by atoms with van der Waals surface area (Å²) >= 11 is 0. The zero-order chi connectivity index (χ0) is 9.97. The Morgan fingerprint density at radius 1 is 1.43 bits per heavy atom. The largest absolute Gasteiger partial charge is 0.496 e. The van der Waals surface area contributed by atoms with E-state index in [2.05, 4.69) is 18.3 Å². The van der Waals surface area contributed by atoms with Gasteiger partial charge in [0, 0.05) is 17.8 Å². The first-order valence-corrected chi connectivity index (χ1v) is 5.21. The van der Waals surface area contributed by atoms with E-state index in [0.29, 0.717) is 0 Å². The summed E-state index contributed by atoms with van der Waals surface area (Å²) in [6.45, 7) is 3.35. The van der Waals surface area contributed by atoms with Crippen molar-refractivity contribution in [3.8, 4) is 5.75 Å². The molecule has 0 fully saturated rings. The topological polar surface area (TPSA) is 21.3 Å². The standard InChI is InChI=1S/C12H17NO/c1-9-6-7-10-11(13-8-9)4-3-5-12(10)14-2/h3-5,9,13H,6-8H2,1-2H3. The van der Waals surface area contributed by atoms with Crippen LogP contribution in [-0.2, 0) is 6.42 Å². The van der Waals surface area contributed by atoms with Crippen molar-refractivity contribution in [1.29, 1.82) is 0 Å². The van der Waals surface area contributed by atoms with E-state index >= 15 is 0 Å². The van der Waals surface area contributed by atoms with Gasteiger partial charge in [-0.2, -0.15) is 0 Å². The maximum atomic E-state index is 5.36. The lowest BCUT2D eigenvalue weighted by Gasteiger charge is -2.11. The number of hydrogen-bond acceptors (Lipinski definition) is 2. The van der Waals surface area contributed by atoms with E-state index < -0.39 is 0 Å². The molecule has 0 amide bonds. The van der Waals surface area contributed by atoms with Crippen molar-refractivity contribution in [3.63, 3.8) is 0 Å². The minimum absolute atomic E-state index is 0.743. The molecule has 1 heterocycles. The van der Waals surface area contributed by atoms with Crippen molar-refractivity contribution in [2.24, 2.45) is 5.92 Å². The van der Waals surface area contributed by atoms with E-state index in [9.17, 15) is 0 Å². The third kappa shape index (κ3) is 1.69. The van der Waals surface area contributed by atoms with Crippen LogP contribution < -0.4 is 10.1 Å². The maximum absolute atomic E-state index is 5.36. The quantitative estimate of drug-likeness (QED) is 0.737. The molecule has 76 valence electrons. The van der Waals surface area contributed by atoms with Crippen LogP contribution in [-0.4, -0.2) is 13.7 Å². The number of anilines is 1. The number of nitrogens with one attached hydrogen (secondary N) is 1. The minimum Gasteiger partial charge on any atom is -0.496 e. The molecule has 1 aromatic carbocycles. The molecule has 14 heavy (non-hydrogen) atoms. The summed E-state index contributed by atoms with van der Waals surface area (Å²) in [6, 6.07) is 6.22. The third-order valence-corrected chi connectivity index (χ3v) is 2.88. The van der Waals surface area contributed by atoms with Crippen molar-refractivity contribution in [2.45, 2.75) is 19.8 Å². The molecule has 1 atom stereocenters. The summed E-state index contributed by atoms with van der Waals surface area (Å²) in [7, 11) is 1.74. The Labute approximate surface area is 85.3 Å². The van der Waals surface area contributed by atoms with Crippen LogP contribution in [0.2, 0.25) is 0 Å². The van der Waals surface area contributed by atoms with E-state index in [4.69, 9.17) is 4.74 Å². The molecule has 1 aromatic rings. The fourth-order valence-electron chi connectivity index (χ4n) is 1.96. The van der Waals surface area contributed by atoms with Gasteiger partial charge < -0.3 is 10.1 Å². The highest BCUT2D eigenvalue weighted by Gasteiger charge is 2.14. The molecule has 2 nitrogen and oxygen atoms in total. The van der Waals surface area contributed by atoms with Gasteiger partial charge in [-0.25, -0.2) is 0 Å². The number of rotatable bonds is 1. The summed E-state index contributed by atoms with van der Waals surface area (Å²) in [6.07, 6.45) is 2.36. The highest BCUT2D eigenvalue weighted by Crippen LogP contribution is 2.31. The monoisotopic (exact) mass is 191 g/mol. The predicted molar refractivity (Wildman–Crippen MR) is 59.0 cm³/mol. The minimum atomic E-state index is 0.743. The van der Waals surface area contributed by atoms with Crippen molar-refractivity contribution < 1.29 is 4.74 Å². The zero-order valence-electron chi connectivity index (χ0n) is 8.84. The van der Waals surface area contributed by atoms with Gasteiger partial charge in [0.1, 0.15) is 5.75 Å². The molecule has 1 aliphatic rings. The van der Waals surface area contributed by atoms with E-state index in [1.54, 1.807) is 7.11 Å². The first-order chi connectivity index (χ1) is 6.81. The molecule has 0 bridgehead atoms. The van der Waals surface area contributed by atoms with Crippen LogP contribution in [0.25, 0.3) is 0 Å². The van der Waals surface area contributed by atoms with Crippen molar-refractivity contribution in [3.05, 3.63) is 23.8 Å². The molecule has 0 radical (unpaired) electrons. The Morgan fingerprint density at radius 3 is 3.07 bits per heavy atom. The summed E-state index contributed by atoms with van der Waals surface area (Å²) in [5, 5.41) is 3.47. The third-order valence-electron chi connectivity index (χ3n) is 2.88. The summed E-state index contributed by atoms with van der Waals surface area (Å²) in [5.41, 5.74) is 2.58. The number of benzene rings is 1.